The second kappa shape index (κ2) is 9.58. The Morgan fingerprint density at radius 1 is 1.07 bits per heavy atom. The Balaban J connectivity index is 1.89. The van der Waals surface area contributed by atoms with Crippen molar-refractivity contribution in [1.29, 1.82) is 0 Å². The monoisotopic (exact) mass is 424 g/mol. The molecule has 2 aromatic carbocycles. The lowest BCUT2D eigenvalue weighted by Gasteiger charge is -2.14. The molecule has 0 amide bonds. The number of carbonyl (C=O) groups excluding carboxylic acids is 1. The quantitative estimate of drug-likeness (QED) is 0.343. The molecule has 0 aliphatic heterocycles. The Morgan fingerprint density at radius 3 is 2.50 bits per heavy atom. The molecule has 6 heteroatoms. The van der Waals surface area contributed by atoms with Crippen molar-refractivity contribution in [3.63, 3.8) is 0 Å². The molecule has 30 heavy (non-hydrogen) atoms. The third-order valence-corrected chi connectivity index (χ3v) is 6.33. The molecule has 1 aromatic heterocycles. The van der Waals surface area contributed by atoms with Crippen molar-refractivity contribution in [3.8, 4) is 0 Å². The minimum absolute atomic E-state index is 0.0355. The van der Waals surface area contributed by atoms with E-state index in [1.165, 1.54) is 22.2 Å². The Bertz CT molecular complexity index is 1140. The summed E-state index contributed by atoms with van der Waals surface area (Å²) in [4.78, 5) is 32.1. The van der Waals surface area contributed by atoms with Crippen LogP contribution in [-0.2, 0) is 6.54 Å². The molecule has 3 rings (SSSR count). The maximum atomic E-state index is 13.1. The maximum Gasteiger partial charge on any atom is 0.262 e. The molecule has 0 bridgehead atoms. The van der Waals surface area contributed by atoms with E-state index in [1.807, 2.05) is 44.2 Å². The van der Waals surface area contributed by atoms with Crippen molar-refractivity contribution in [1.82, 2.24) is 9.55 Å². The molecule has 0 fully saturated rings. The zero-order valence-corrected chi connectivity index (χ0v) is 19.2. The Hall–Kier alpha value is -2.44. The van der Waals surface area contributed by atoms with E-state index in [4.69, 9.17) is 4.98 Å². The molecule has 0 saturated carbocycles. The Morgan fingerprint density at radius 2 is 1.77 bits per heavy atom. The van der Waals surface area contributed by atoms with Gasteiger partial charge in [0, 0.05) is 18.5 Å². The van der Waals surface area contributed by atoms with E-state index in [2.05, 4.69) is 27.1 Å². The molecule has 5 nitrogen and oxygen atoms in total. The van der Waals surface area contributed by atoms with Crippen LogP contribution in [0.5, 0.6) is 0 Å². The van der Waals surface area contributed by atoms with Crippen LogP contribution in [-0.4, -0.2) is 41.7 Å². The van der Waals surface area contributed by atoms with Gasteiger partial charge in [-0.1, -0.05) is 30.0 Å². The van der Waals surface area contributed by atoms with Crippen LogP contribution >= 0.6 is 11.8 Å². The molecule has 158 valence electrons. The SMILES string of the molecule is Cc1cc(C)c(C(=O)CSc2nc3ccccc3c(=O)n2CCC[NH+](C)C)cc1C. The summed E-state index contributed by atoms with van der Waals surface area (Å²) in [5, 5.41) is 1.23. The Labute approximate surface area is 182 Å². The first-order valence-corrected chi connectivity index (χ1v) is 11.3. The van der Waals surface area contributed by atoms with E-state index in [0.29, 0.717) is 22.6 Å². The highest BCUT2D eigenvalue weighted by atomic mass is 32.2. The zero-order valence-electron chi connectivity index (χ0n) is 18.4. The summed E-state index contributed by atoms with van der Waals surface area (Å²) in [6.07, 6.45) is 0.875. The predicted octanol–water partition coefficient (Wildman–Crippen LogP) is 2.83. The second-order valence-corrected chi connectivity index (χ2v) is 9.08. The lowest BCUT2D eigenvalue weighted by atomic mass is 9.99. The first kappa shape index (κ1) is 22.2. The van der Waals surface area contributed by atoms with Gasteiger partial charge < -0.3 is 4.90 Å². The lowest BCUT2D eigenvalue weighted by Crippen LogP contribution is -3.05. The van der Waals surface area contributed by atoms with Crippen LogP contribution in [0.2, 0.25) is 0 Å². The summed E-state index contributed by atoms with van der Waals surface area (Å²) in [5.74, 6) is 0.319. The number of benzene rings is 2. The fourth-order valence-corrected chi connectivity index (χ4v) is 4.42. The van der Waals surface area contributed by atoms with Crippen LogP contribution in [0.4, 0.5) is 0 Å². The number of aryl methyl sites for hydroxylation is 3. The normalized spacial score (nSPS) is 11.4. The molecule has 1 heterocycles. The number of quaternary nitrogens is 1. The number of carbonyl (C=O) groups is 1. The van der Waals surface area contributed by atoms with Crippen molar-refractivity contribution >= 4 is 28.4 Å². The highest BCUT2D eigenvalue weighted by Crippen LogP contribution is 2.22. The number of aromatic nitrogens is 2. The summed E-state index contributed by atoms with van der Waals surface area (Å²) >= 11 is 1.35. The van der Waals surface area contributed by atoms with Gasteiger partial charge in [-0.05, 0) is 55.7 Å². The summed E-state index contributed by atoms with van der Waals surface area (Å²) < 4.78 is 1.73. The average Bonchev–Trinajstić information content (AvgIpc) is 2.70. The van der Waals surface area contributed by atoms with E-state index in [9.17, 15) is 9.59 Å². The second-order valence-electron chi connectivity index (χ2n) is 8.14. The number of hydrogen-bond acceptors (Lipinski definition) is 4. The number of nitrogens with zero attached hydrogens (tertiary/aromatic N) is 2. The number of ketones is 1. The maximum absolute atomic E-state index is 13.1. The molecule has 1 N–H and O–H groups in total. The van der Waals surface area contributed by atoms with Gasteiger partial charge >= 0.3 is 0 Å². The standard InChI is InChI=1S/C24H29N3O2S/c1-16-13-18(3)20(14-17(16)2)22(28)15-30-24-25-21-10-7-6-9-19(21)23(29)27(24)12-8-11-26(4)5/h6-7,9-10,13-14H,8,11-12,15H2,1-5H3/p+1. The van der Waals surface area contributed by atoms with Gasteiger partial charge in [0.2, 0.25) is 0 Å². The van der Waals surface area contributed by atoms with E-state index < -0.39 is 0 Å². The summed E-state index contributed by atoms with van der Waals surface area (Å²) in [7, 11) is 4.20. The van der Waals surface area contributed by atoms with Gasteiger partial charge in [-0.2, -0.15) is 0 Å². The van der Waals surface area contributed by atoms with Crippen molar-refractivity contribution < 1.29 is 9.69 Å². The van der Waals surface area contributed by atoms with Crippen LogP contribution in [0.1, 0.15) is 33.5 Å². The van der Waals surface area contributed by atoms with E-state index in [-0.39, 0.29) is 17.1 Å². The van der Waals surface area contributed by atoms with Gasteiger partial charge in [-0.25, -0.2) is 4.98 Å². The van der Waals surface area contributed by atoms with Gasteiger partial charge in [0.05, 0.1) is 37.3 Å². The van der Waals surface area contributed by atoms with E-state index >= 15 is 0 Å². The number of hydrogen-bond donors (Lipinski definition) is 1. The van der Waals surface area contributed by atoms with Crippen LogP contribution in [0, 0.1) is 20.8 Å². The number of para-hydroxylation sites is 1. The minimum Gasteiger partial charge on any atom is -0.340 e. The van der Waals surface area contributed by atoms with Crippen LogP contribution in [0.25, 0.3) is 10.9 Å². The molecule has 0 aliphatic rings. The fraction of sp³-hybridized carbons (Fsp3) is 0.375. The highest BCUT2D eigenvalue weighted by Gasteiger charge is 2.16. The summed E-state index contributed by atoms with van der Waals surface area (Å²) in [5.41, 5.74) is 4.67. The predicted molar refractivity (Wildman–Crippen MR) is 124 cm³/mol. The first-order chi connectivity index (χ1) is 14.3. The van der Waals surface area contributed by atoms with Gasteiger partial charge in [-0.15, -0.1) is 0 Å². The number of Topliss-reactive ketones (excluding diaryl/α,β-unsaturated/α-hetero) is 1. The third-order valence-electron chi connectivity index (χ3n) is 5.36. The van der Waals surface area contributed by atoms with Gasteiger partial charge in [0.15, 0.2) is 10.9 Å². The molecule has 0 unspecified atom stereocenters. The molecular weight excluding hydrogens is 394 g/mol. The van der Waals surface area contributed by atoms with Gasteiger partial charge in [-0.3, -0.25) is 14.2 Å². The topological polar surface area (TPSA) is 56.4 Å². The molecule has 0 spiro atoms. The molecule has 0 radical (unpaired) electrons. The fourth-order valence-electron chi connectivity index (χ4n) is 3.51. The Kier molecular flexibility index (Phi) is 7.10. The molecule has 3 aromatic rings. The number of nitrogens with one attached hydrogen (secondary N) is 1. The smallest absolute Gasteiger partial charge is 0.262 e. The van der Waals surface area contributed by atoms with Crippen LogP contribution < -0.4 is 10.5 Å². The minimum atomic E-state index is -0.0355. The number of thioether (sulfide) groups is 1. The zero-order chi connectivity index (χ0) is 21.8. The van der Waals surface area contributed by atoms with Crippen LogP contribution in [0.15, 0.2) is 46.3 Å². The van der Waals surface area contributed by atoms with Gasteiger partial charge in [0.1, 0.15) is 0 Å². The molecular formula is C24H30N3O2S+. The lowest BCUT2D eigenvalue weighted by molar-refractivity contribution is -0.858. The van der Waals surface area contributed by atoms with E-state index in [0.717, 1.165) is 29.7 Å². The van der Waals surface area contributed by atoms with Crippen molar-refractivity contribution in [2.24, 2.45) is 0 Å². The van der Waals surface area contributed by atoms with Crippen molar-refractivity contribution in [2.75, 3.05) is 26.4 Å². The van der Waals surface area contributed by atoms with Crippen molar-refractivity contribution in [2.45, 2.75) is 38.9 Å². The molecule has 0 saturated heterocycles. The van der Waals surface area contributed by atoms with Gasteiger partial charge in [0.25, 0.3) is 5.56 Å². The third kappa shape index (κ3) is 4.99. The number of fused-ring (bicyclic) bond motifs is 1. The molecule has 0 atom stereocenters. The largest absolute Gasteiger partial charge is 0.340 e. The number of rotatable bonds is 8. The molecule has 0 aliphatic carbocycles. The highest BCUT2D eigenvalue weighted by molar-refractivity contribution is 7.99. The van der Waals surface area contributed by atoms with Crippen molar-refractivity contribution in [3.05, 3.63) is 69.0 Å². The van der Waals surface area contributed by atoms with Crippen LogP contribution in [0.3, 0.4) is 0 Å². The first-order valence-electron chi connectivity index (χ1n) is 10.3. The average molecular weight is 425 g/mol. The summed E-state index contributed by atoms with van der Waals surface area (Å²) in [6.45, 7) is 7.61. The van der Waals surface area contributed by atoms with E-state index in [1.54, 1.807) is 4.57 Å². The summed E-state index contributed by atoms with van der Waals surface area (Å²) in [6, 6.07) is 11.4.